The van der Waals surface area contributed by atoms with Crippen LogP contribution in [0.3, 0.4) is 0 Å². The number of aromatic amines is 1. The van der Waals surface area contributed by atoms with Crippen molar-refractivity contribution in [3.8, 4) is 11.3 Å². The maximum absolute atomic E-state index is 5.78. The Morgan fingerprint density at radius 3 is 2.96 bits per heavy atom. The molecule has 2 aromatic heterocycles. The molecule has 0 spiro atoms. The summed E-state index contributed by atoms with van der Waals surface area (Å²) in [5, 5.41) is 12.0. The lowest BCUT2D eigenvalue weighted by Crippen LogP contribution is -2.08. The third-order valence-electron chi connectivity index (χ3n) is 4.91. The Labute approximate surface area is 151 Å². The van der Waals surface area contributed by atoms with Crippen LogP contribution in [0.2, 0.25) is 0 Å². The smallest absolute Gasteiger partial charge is 0.134 e. The zero-order chi connectivity index (χ0) is 17.5. The molecule has 26 heavy (non-hydrogen) atoms. The van der Waals surface area contributed by atoms with E-state index >= 15 is 0 Å². The summed E-state index contributed by atoms with van der Waals surface area (Å²) in [5.74, 6) is 1.83. The molecule has 5 rings (SSSR count). The van der Waals surface area contributed by atoms with Gasteiger partial charge in [-0.1, -0.05) is 30.4 Å². The van der Waals surface area contributed by atoms with E-state index in [1.807, 2.05) is 25.3 Å². The molecule has 2 N–H and O–H groups in total. The van der Waals surface area contributed by atoms with E-state index in [9.17, 15) is 0 Å². The van der Waals surface area contributed by atoms with Crippen molar-refractivity contribution in [2.75, 3.05) is 5.32 Å². The highest BCUT2D eigenvalue weighted by Crippen LogP contribution is 2.32. The number of hydrogen-bond donors (Lipinski definition) is 2. The molecule has 1 aliphatic heterocycles. The van der Waals surface area contributed by atoms with E-state index in [1.165, 1.54) is 11.1 Å². The summed E-state index contributed by atoms with van der Waals surface area (Å²) >= 11 is 0. The van der Waals surface area contributed by atoms with Gasteiger partial charge in [0.15, 0.2) is 0 Å². The Morgan fingerprint density at radius 2 is 2.08 bits per heavy atom. The summed E-state index contributed by atoms with van der Waals surface area (Å²) < 4.78 is 5.78. The number of aryl methyl sites for hydroxylation is 1. The van der Waals surface area contributed by atoms with E-state index in [0.29, 0.717) is 0 Å². The molecule has 1 atom stereocenters. The molecule has 128 valence electrons. The number of hydrogen-bond acceptors (Lipinski definition) is 3. The lowest BCUT2D eigenvalue weighted by Gasteiger charge is -2.18. The van der Waals surface area contributed by atoms with Gasteiger partial charge in [-0.15, -0.1) is 0 Å². The highest BCUT2D eigenvalue weighted by molar-refractivity contribution is 5.84. The van der Waals surface area contributed by atoms with Crippen LogP contribution in [0.5, 0.6) is 0 Å². The van der Waals surface area contributed by atoms with E-state index in [0.717, 1.165) is 40.1 Å². The first-order valence-corrected chi connectivity index (χ1v) is 8.82. The van der Waals surface area contributed by atoms with Gasteiger partial charge in [0.2, 0.25) is 0 Å². The van der Waals surface area contributed by atoms with Crippen molar-refractivity contribution in [2.45, 2.75) is 19.4 Å². The Hall–Kier alpha value is -3.27. The third kappa shape index (κ3) is 2.60. The lowest BCUT2D eigenvalue weighted by molar-refractivity contribution is 0.548. The van der Waals surface area contributed by atoms with Crippen molar-refractivity contribution in [1.82, 2.24) is 10.2 Å². The van der Waals surface area contributed by atoms with Gasteiger partial charge in [-0.2, -0.15) is 5.10 Å². The topological polar surface area (TPSA) is 53.9 Å². The molecule has 4 aromatic rings. The number of furan rings is 1. The van der Waals surface area contributed by atoms with Gasteiger partial charge < -0.3 is 9.73 Å². The fraction of sp³-hybridized carbons (Fsp3) is 0.136. The fourth-order valence-electron chi connectivity index (χ4n) is 3.56. The van der Waals surface area contributed by atoms with Gasteiger partial charge in [0, 0.05) is 16.6 Å². The number of allylic oxidation sites excluding steroid dienone is 1. The summed E-state index contributed by atoms with van der Waals surface area (Å²) in [6.07, 6.45) is 7.26. The van der Waals surface area contributed by atoms with Crippen LogP contribution >= 0.6 is 0 Å². The minimum atomic E-state index is 0.118. The molecule has 4 nitrogen and oxygen atoms in total. The van der Waals surface area contributed by atoms with Gasteiger partial charge >= 0.3 is 0 Å². The molecule has 4 heteroatoms. The van der Waals surface area contributed by atoms with Crippen molar-refractivity contribution in [2.24, 2.45) is 0 Å². The number of benzene rings is 2. The largest absolute Gasteiger partial charge is 0.461 e. The van der Waals surface area contributed by atoms with Crippen LogP contribution in [-0.2, 0) is 6.42 Å². The second-order valence-electron chi connectivity index (χ2n) is 6.76. The quantitative estimate of drug-likeness (QED) is 0.480. The molecule has 2 aromatic carbocycles. The number of fused-ring (bicyclic) bond motifs is 2. The number of aromatic nitrogens is 2. The van der Waals surface area contributed by atoms with Crippen LogP contribution in [0.1, 0.15) is 22.9 Å². The molecule has 0 amide bonds. The normalized spacial score (nSPS) is 16.3. The van der Waals surface area contributed by atoms with E-state index in [1.54, 1.807) is 0 Å². The molecule has 3 heterocycles. The predicted octanol–water partition coefficient (Wildman–Crippen LogP) is 5.40. The van der Waals surface area contributed by atoms with Crippen molar-refractivity contribution < 1.29 is 4.42 Å². The Kier molecular flexibility index (Phi) is 3.42. The number of rotatable bonds is 2. The molecule has 0 radical (unpaired) electrons. The monoisotopic (exact) mass is 341 g/mol. The second kappa shape index (κ2) is 5.92. The minimum absolute atomic E-state index is 0.118. The van der Waals surface area contributed by atoms with Gasteiger partial charge in [0.25, 0.3) is 0 Å². The van der Waals surface area contributed by atoms with Crippen LogP contribution in [-0.4, -0.2) is 10.2 Å². The number of H-pyrrole nitrogens is 1. The molecule has 0 aliphatic carbocycles. The third-order valence-corrected chi connectivity index (χ3v) is 4.91. The SMILES string of the molecule is Cc1ccc(-c2cccc(C3C=CCc4cc5cn[nH]c5cc4N3)c2)o1. The van der Waals surface area contributed by atoms with Gasteiger partial charge in [-0.3, -0.25) is 5.10 Å². The summed E-state index contributed by atoms with van der Waals surface area (Å²) in [7, 11) is 0. The van der Waals surface area contributed by atoms with Crippen molar-refractivity contribution in [1.29, 1.82) is 0 Å². The molecule has 0 fully saturated rings. The highest BCUT2D eigenvalue weighted by Gasteiger charge is 2.16. The second-order valence-corrected chi connectivity index (χ2v) is 6.76. The molecule has 1 unspecified atom stereocenters. The van der Waals surface area contributed by atoms with Crippen LogP contribution < -0.4 is 5.32 Å². The average molecular weight is 341 g/mol. The highest BCUT2D eigenvalue weighted by atomic mass is 16.3. The summed E-state index contributed by atoms with van der Waals surface area (Å²) in [5.41, 5.74) is 5.80. The first kappa shape index (κ1) is 15.0. The van der Waals surface area contributed by atoms with Crippen LogP contribution in [0.25, 0.3) is 22.2 Å². The Balaban J connectivity index is 1.52. The van der Waals surface area contributed by atoms with Gasteiger partial charge in [-0.05, 0) is 54.8 Å². The van der Waals surface area contributed by atoms with E-state index in [2.05, 4.69) is 64.1 Å². The molecule has 1 aliphatic rings. The predicted molar refractivity (Wildman–Crippen MR) is 104 cm³/mol. The van der Waals surface area contributed by atoms with E-state index < -0.39 is 0 Å². The van der Waals surface area contributed by atoms with Gasteiger partial charge in [-0.25, -0.2) is 0 Å². The van der Waals surface area contributed by atoms with Crippen molar-refractivity contribution >= 4 is 16.6 Å². The van der Waals surface area contributed by atoms with Crippen LogP contribution in [0.15, 0.2) is 71.3 Å². The summed E-state index contributed by atoms with van der Waals surface area (Å²) in [6, 6.07) is 17.0. The summed E-state index contributed by atoms with van der Waals surface area (Å²) in [6.45, 7) is 1.97. The van der Waals surface area contributed by atoms with E-state index in [-0.39, 0.29) is 6.04 Å². The Morgan fingerprint density at radius 1 is 1.12 bits per heavy atom. The lowest BCUT2D eigenvalue weighted by atomic mass is 10.0. The standard InChI is InChI=1S/C22H19N3O/c1-14-8-9-22(26-14)17-6-2-4-15(10-17)19-7-3-5-16-11-18-13-23-25-21(18)12-20(16)24-19/h2-4,6-13,19,24H,5H2,1H3,(H,23,25). The first-order valence-electron chi connectivity index (χ1n) is 8.82. The number of nitrogens with one attached hydrogen (secondary N) is 2. The first-order chi connectivity index (χ1) is 12.8. The zero-order valence-corrected chi connectivity index (χ0v) is 14.5. The molecular weight excluding hydrogens is 322 g/mol. The molecular formula is C22H19N3O. The van der Waals surface area contributed by atoms with Crippen LogP contribution in [0, 0.1) is 6.92 Å². The maximum atomic E-state index is 5.78. The average Bonchev–Trinajstić information content (AvgIpc) is 3.24. The van der Waals surface area contributed by atoms with E-state index in [4.69, 9.17) is 4.42 Å². The maximum Gasteiger partial charge on any atom is 0.134 e. The van der Waals surface area contributed by atoms with Crippen LogP contribution in [0.4, 0.5) is 5.69 Å². The van der Waals surface area contributed by atoms with Crippen molar-refractivity contribution in [3.63, 3.8) is 0 Å². The number of anilines is 1. The molecule has 0 bridgehead atoms. The minimum Gasteiger partial charge on any atom is -0.461 e. The Bertz CT molecular complexity index is 1120. The molecule has 0 saturated carbocycles. The van der Waals surface area contributed by atoms with Gasteiger partial charge in [0.1, 0.15) is 11.5 Å². The molecule has 0 saturated heterocycles. The van der Waals surface area contributed by atoms with Gasteiger partial charge in [0.05, 0.1) is 17.8 Å². The van der Waals surface area contributed by atoms with Crippen molar-refractivity contribution in [3.05, 3.63) is 83.8 Å². The summed E-state index contributed by atoms with van der Waals surface area (Å²) in [4.78, 5) is 0. The zero-order valence-electron chi connectivity index (χ0n) is 14.5. The number of nitrogens with zero attached hydrogens (tertiary/aromatic N) is 1. The fourth-order valence-corrected chi connectivity index (χ4v) is 3.56.